The van der Waals surface area contributed by atoms with E-state index in [1.54, 1.807) is 0 Å². The number of nitrogen functional groups attached to an aromatic ring is 1. The number of carbonyl (C=O) groups is 1. The monoisotopic (exact) mass is 291 g/mol. The molecule has 0 atom stereocenters. The maximum absolute atomic E-state index is 12.1. The Balaban J connectivity index is 1.93. The van der Waals surface area contributed by atoms with Crippen LogP contribution < -0.4 is 11.1 Å². The lowest BCUT2D eigenvalue weighted by Gasteiger charge is -2.02. The molecule has 0 spiro atoms. The number of aryl methyl sites for hydroxylation is 2. The van der Waals surface area contributed by atoms with Crippen molar-refractivity contribution >= 4 is 33.1 Å². The lowest BCUT2D eigenvalue weighted by atomic mass is 10.1. The number of thiophene rings is 1. The van der Waals surface area contributed by atoms with E-state index < -0.39 is 0 Å². The molecule has 106 valence electrons. The number of hydrogen-bond donors (Lipinski definition) is 3. The maximum atomic E-state index is 12.1. The normalized spacial score (nSPS) is 13.7. The number of aliphatic hydroxyl groups is 1. The van der Waals surface area contributed by atoms with E-state index in [-0.39, 0.29) is 12.5 Å². The Bertz CT molecular complexity index is 666. The quantitative estimate of drug-likeness (QED) is 0.744. The van der Waals surface area contributed by atoms with Gasteiger partial charge in [0.25, 0.3) is 5.91 Å². The van der Waals surface area contributed by atoms with Gasteiger partial charge in [-0.2, -0.15) is 0 Å². The first kappa shape index (κ1) is 13.3. The van der Waals surface area contributed by atoms with Crippen molar-refractivity contribution in [2.45, 2.75) is 25.7 Å². The van der Waals surface area contributed by atoms with Crippen LogP contribution in [0.2, 0.25) is 0 Å². The maximum Gasteiger partial charge on any atom is 0.263 e. The second-order valence-electron chi connectivity index (χ2n) is 4.98. The number of nitrogens with one attached hydrogen (secondary N) is 1. The standard InChI is InChI=1S/C14H17N3O2S/c15-11-9-7-8-3-1-4-10(8)17-14(9)20-12(11)13(19)16-5-2-6-18/h7,18H,1-6,15H2,(H,16,19). The number of aromatic nitrogens is 1. The summed E-state index contributed by atoms with van der Waals surface area (Å²) in [6.45, 7) is 0.517. The Kier molecular flexibility index (Phi) is 3.58. The van der Waals surface area contributed by atoms with Gasteiger partial charge in [-0.1, -0.05) is 0 Å². The fraction of sp³-hybridized carbons (Fsp3) is 0.429. The third-order valence-corrected chi connectivity index (χ3v) is 4.69. The van der Waals surface area contributed by atoms with Crippen LogP contribution in [-0.2, 0) is 12.8 Å². The van der Waals surface area contributed by atoms with Crippen LogP contribution in [0.3, 0.4) is 0 Å². The summed E-state index contributed by atoms with van der Waals surface area (Å²) in [4.78, 5) is 18.1. The second kappa shape index (κ2) is 5.38. The zero-order chi connectivity index (χ0) is 14.1. The smallest absolute Gasteiger partial charge is 0.263 e. The van der Waals surface area contributed by atoms with Crippen molar-refractivity contribution in [1.29, 1.82) is 0 Å². The summed E-state index contributed by atoms with van der Waals surface area (Å²) in [6.07, 6.45) is 3.75. The highest BCUT2D eigenvalue weighted by molar-refractivity contribution is 7.21. The van der Waals surface area contributed by atoms with Crippen LogP contribution in [0.15, 0.2) is 6.07 Å². The Morgan fingerprint density at radius 3 is 3.15 bits per heavy atom. The molecule has 0 unspecified atom stereocenters. The molecule has 4 N–H and O–H groups in total. The van der Waals surface area contributed by atoms with Gasteiger partial charge < -0.3 is 16.2 Å². The molecule has 0 radical (unpaired) electrons. The number of fused-ring (bicyclic) bond motifs is 2. The van der Waals surface area contributed by atoms with Crippen LogP contribution in [-0.4, -0.2) is 29.1 Å². The zero-order valence-electron chi connectivity index (χ0n) is 11.1. The van der Waals surface area contributed by atoms with Gasteiger partial charge in [0.15, 0.2) is 0 Å². The molecular formula is C14H17N3O2S. The number of aliphatic hydroxyl groups excluding tert-OH is 1. The Morgan fingerprint density at radius 1 is 1.50 bits per heavy atom. The molecule has 0 saturated heterocycles. The fourth-order valence-electron chi connectivity index (χ4n) is 2.53. The van der Waals surface area contributed by atoms with Gasteiger partial charge in [-0.05, 0) is 37.3 Å². The van der Waals surface area contributed by atoms with E-state index in [2.05, 4.69) is 16.4 Å². The minimum atomic E-state index is -0.181. The van der Waals surface area contributed by atoms with Crippen LogP contribution >= 0.6 is 11.3 Å². The molecule has 3 rings (SSSR count). The minimum Gasteiger partial charge on any atom is -0.397 e. The van der Waals surface area contributed by atoms with Crippen molar-refractivity contribution in [2.75, 3.05) is 18.9 Å². The molecule has 1 aliphatic carbocycles. The molecule has 1 amide bonds. The summed E-state index contributed by atoms with van der Waals surface area (Å²) < 4.78 is 0. The van der Waals surface area contributed by atoms with Crippen molar-refractivity contribution < 1.29 is 9.90 Å². The van der Waals surface area contributed by atoms with Gasteiger partial charge in [-0.25, -0.2) is 4.98 Å². The summed E-state index contributed by atoms with van der Waals surface area (Å²) in [7, 11) is 0. The topological polar surface area (TPSA) is 88.2 Å². The highest BCUT2D eigenvalue weighted by Crippen LogP contribution is 2.35. The number of pyridine rings is 1. The van der Waals surface area contributed by atoms with Crippen LogP contribution in [0.5, 0.6) is 0 Å². The number of anilines is 1. The van der Waals surface area contributed by atoms with Gasteiger partial charge in [0.1, 0.15) is 9.71 Å². The molecule has 1 aliphatic rings. The molecule has 0 saturated carbocycles. The van der Waals surface area contributed by atoms with Crippen LogP contribution in [0.1, 0.15) is 33.8 Å². The van der Waals surface area contributed by atoms with E-state index in [9.17, 15) is 4.79 Å². The molecule has 2 heterocycles. The zero-order valence-corrected chi connectivity index (χ0v) is 11.9. The fourth-order valence-corrected chi connectivity index (χ4v) is 3.54. The van der Waals surface area contributed by atoms with Crippen molar-refractivity contribution in [3.8, 4) is 0 Å². The Morgan fingerprint density at radius 2 is 2.35 bits per heavy atom. The number of hydrogen-bond acceptors (Lipinski definition) is 5. The predicted molar refractivity (Wildman–Crippen MR) is 80.1 cm³/mol. The second-order valence-corrected chi connectivity index (χ2v) is 5.98. The number of carbonyl (C=O) groups excluding carboxylic acids is 1. The lowest BCUT2D eigenvalue weighted by Crippen LogP contribution is -2.24. The summed E-state index contributed by atoms with van der Waals surface area (Å²) in [5, 5.41) is 12.4. The van der Waals surface area contributed by atoms with Crippen LogP contribution in [0.25, 0.3) is 10.2 Å². The average molecular weight is 291 g/mol. The summed E-state index contributed by atoms with van der Waals surface area (Å²) in [5.41, 5.74) is 9.02. The third-order valence-electron chi connectivity index (χ3n) is 3.58. The molecule has 0 aromatic carbocycles. The summed E-state index contributed by atoms with van der Waals surface area (Å²) >= 11 is 1.35. The van der Waals surface area contributed by atoms with Crippen LogP contribution in [0.4, 0.5) is 5.69 Å². The van der Waals surface area contributed by atoms with E-state index >= 15 is 0 Å². The van der Waals surface area contributed by atoms with E-state index in [0.29, 0.717) is 23.5 Å². The molecule has 20 heavy (non-hydrogen) atoms. The van der Waals surface area contributed by atoms with Gasteiger partial charge >= 0.3 is 0 Å². The molecule has 2 aromatic heterocycles. The van der Waals surface area contributed by atoms with Gasteiger partial charge in [0.05, 0.1) is 5.69 Å². The Labute approximate surface area is 120 Å². The third kappa shape index (κ3) is 2.25. The van der Waals surface area contributed by atoms with Crippen molar-refractivity contribution in [2.24, 2.45) is 0 Å². The minimum absolute atomic E-state index is 0.0659. The number of nitrogens with zero attached hydrogens (tertiary/aromatic N) is 1. The first-order valence-electron chi connectivity index (χ1n) is 6.80. The van der Waals surface area contributed by atoms with E-state index in [4.69, 9.17) is 10.8 Å². The summed E-state index contributed by atoms with van der Waals surface area (Å²) in [6, 6.07) is 2.08. The van der Waals surface area contributed by atoms with Gasteiger partial charge in [0.2, 0.25) is 0 Å². The highest BCUT2D eigenvalue weighted by atomic mass is 32.1. The van der Waals surface area contributed by atoms with Gasteiger partial charge in [-0.3, -0.25) is 4.79 Å². The van der Waals surface area contributed by atoms with Gasteiger partial charge in [0, 0.05) is 24.2 Å². The largest absolute Gasteiger partial charge is 0.397 e. The van der Waals surface area contributed by atoms with E-state index in [0.717, 1.165) is 35.2 Å². The SMILES string of the molecule is Nc1c(C(=O)NCCCO)sc2nc3c(cc12)CCC3. The van der Waals surface area contributed by atoms with Crippen molar-refractivity contribution in [1.82, 2.24) is 10.3 Å². The van der Waals surface area contributed by atoms with Crippen molar-refractivity contribution in [3.05, 3.63) is 22.2 Å². The lowest BCUT2D eigenvalue weighted by molar-refractivity contribution is 0.0956. The van der Waals surface area contributed by atoms with E-state index in [1.807, 2.05) is 0 Å². The molecule has 2 aromatic rings. The number of amides is 1. The van der Waals surface area contributed by atoms with Crippen molar-refractivity contribution in [3.63, 3.8) is 0 Å². The Hall–Kier alpha value is -1.66. The van der Waals surface area contributed by atoms with Gasteiger partial charge in [-0.15, -0.1) is 11.3 Å². The average Bonchev–Trinajstić information content (AvgIpc) is 3.01. The molecule has 0 bridgehead atoms. The molecular weight excluding hydrogens is 274 g/mol. The number of nitrogens with two attached hydrogens (primary N) is 1. The summed E-state index contributed by atoms with van der Waals surface area (Å²) in [5.74, 6) is -0.181. The predicted octanol–water partition coefficient (Wildman–Crippen LogP) is 1.48. The molecule has 6 heteroatoms. The molecule has 0 fully saturated rings. The highest BCUT2D eigenvalue weighted by Gasteiger charge is 2.20. The molecule has 5 nitrogen and oxygen atoms in total. The van der Waals surface area contributed by atoms with E-state index in [1.165, 1.54) is 16.9 Å². The van der Waals surface area contributed by atoms with Crippen LogP contribution in [0, 0.1) is 0 Å². The first-order chi connectivity index (χ1) is 9.70. The number of rotatable bonds is 4. The first-order valence-corrected chi connectivity index (χ1v) is 7.62. The molecule has 0 aliphatic heterocycles.